The molecular weight excluding hydrogens is 514 g/mol. The lowest BCUT2D eigenvalue weighted by atomic mass is 9.92. The standard InChI is InChI=1S/C34H21N3O4/c1-2-41-34(40)31-29(32(38)37(33(39)30(31)23-35)27-16-10-5-11-17-27)22-24-18-20-28(21-19-24)36(25-12-6-3-7-13-25)26-14-8-4-9-15-26/h1,3-22H. The highest BCUT2D eigenvalue weighted by Gasteiger charge is 2.41. The quantitative estimate of drug-likeness (QED) is 0.129. The number of nitrogens with zero attached hydrogens (tertiary/aromatic N) is 3. The van der Waals surface area contributed by atoms with Crippen molar-refractivity contribution >= 4 is 46.6 Å². The van der Waals surface area contributed by atoms with Crippen LogP contribution in [0.2, 0.25) is 0 Å². The summed E-state index contributed by atoms with van der Waals surface area (Å²) in [6, 6.07) is 36.9. The summed E-state index contributed by atoms with van der Waals surface area (Å²) in [7, 11) is 0. The Morgan fingerprint density at radius 1 is 0.756 bits per heavy atom. The summed E-state index contributed by atoms with van der Waals surface area (Å²) in [4.78, 5) is 42.6. The third-order valence-corrected chi connectivity index (χ3v) is 6.34. The van der Waals surface area contributed by atoms with Gasteiger partial charge in [0.15, 0.2) is 0 Å². The smallest absolute Gasteiger partial charge is 0.354 e. The van der Waals surface area contributed by atoms with Gasteiger partial charge in [-0.2, -0.15) is 5.26 Å². The highest BCUT2D eigenvalue weighted by atomic mass is 16.5. The number of hydrogen-bond donors (Lipinski definition) is 0. The number of ether oxygens (including phenoxy) is 1. The molecule has 41 heavy (non-hydrogen) atoms. The first-order chi connectivity index (χ1) is 20.0. The van der Waals surface area contributed by atoms with Crippen LogP contribution in [-0.4, -0.2) is 17.8 Å². The van der Waals surface area contributed by atoms with Crippen LogP contribution in [0, 0.1) is 23.9 Å². The van der Waals surface area contributed by atoms with Crippen molar-refractivity contribution in [2.75, 3.05) is 9.80 Å². The molecule has 4 aromatic carbocycles. The highest BCUT2D eigenvalue weighted by molar-refractivity contribution is 6.36. The first-order valence-corrected chi connectivity index (χ1v) is 12.5. The molecule has 0 spiro atoms. The third kappa shape index (κ3) is 5.24. The number of carbonyl (C=O) groups is 3. The fourth-order valence-corrected chi connectivity index (χ4v) is 4.53. The van der Waals surface area contributed by atoms with E-state index >= 15 is 0 Å². The topological polar surface area (TPSA) is 90.7 Å². The SMILES string of the molecule is C#COC(=O)C1=C(C#N)C(=O)N(c2ccccc2)C(=O)C1=Cc1ccc(N(c2ccccc2)c2ccccc2)cc1. The van der Waals surface area contributed by atoms with Crippen LogP contribution in [0.4, 0.5) is 22.7 Å². The maximum absolute atomic E-state index is 13.7. The molecule has 0 aromatic heterocycles. The molecule has 7 heteroatoms. The van der Waals surface area contributed by atoms with Crippen molar-refractivity contribution in [1.82, 2.24) is 0 Å². The van der Waals surface area contributed by atoms with Gasteiger partial charge in [-0.1, -0.05) is 73.2 Å². The number of terminal acetylenes is 1. The molecule has 196 valence electrons. The lowest BCUT2D eigenvalue weighted by molar-refractivity contribution is -0.133. The van der Waals surface area contributed by atoms with Gasteiger partial charge in [0.1, 0.15) is 17.7 Å². The minimum atomic E-state index is -1.14. The molecule has 5 rings (SSSR count). The molecule has 1 aliphatic heterocycles. The Balaban J connectivity index is 1.61. The molecule has 0 saturated heterocycles. The summed E-state index contributed by atoms with van der Waals surface area (Å²) in [5, 5.41) is 9.84. The monoisotopic (exact) mass is 535 g/mol. The summed E-state index contributed by atoms with van der Waals surface area (Å²) in [5.74, 6) is -2.87. The van der Waals surface area contributed by atoms with Gasteiger partial charge in [-0.25, -0.2) is 9.69 Å². The molecule has 0 fully saturated rings. The number of hydrogen-bond acceptors (Lipinski definition) is 6. The molecule has 1 aliphatic rings. The van der Waals surface area contributed by atoms with E-state index in [9.17, 15) is 19.6 Å². The van der Waals surface area contributed by atoms with Crippen LogP contribution in [-0.2, 0) is 19.1 Å². The lowest BCUT2D eigenvalue weighted by Crippen LogP contribution is -2.44. The van der Waals surface area contributed by atoms with Crippen LogP contribution in [0.3, 0.4) is 0 Å². The second-order valence-electron chi connectivity index (χ2n) is 8.81. The first-order valence-electron chi connectivity index (χ1n) is 12.5. The van der Waals surface area contributed by atoms with Gasteiger partial charge in [0.2, 0.25) is 0 Å². The molecule has 0 saturated carbocycles. The molecule has 4 aromatic rings. The maximum atomic E-state index is 13.7. The number of amides is 2. The summed E-state index contributed by atoms with van der Waals surface area (Å²) in [6.45, 7) is 0. The number of benzene rings is 4. The van der Waals surface area contributed by atoms with E-state index in [1.165, 1.54) is 6.08 Å². The van der Waals surface area contributed by atoms with E-state index in [4.69, 9.17) is 6.42 Å². The predicted octanol–water partition coefficient (Wildman–Crippen LogP) is 6.07. The van der Waals surface area contributed by atoms with Crippen molar-refractivity contribution in [2.45, 2.75) is 0 Å². The minimum Gasteiger partial charge on any atom is -0.369 e. The van der Waals surface area contributed by atoms with Crippen molar-refractivity contribution in [3.63, 3.8) is 0 Å². The maximum Gasteiger partial charge on any atom is 0.354 e. The second-order valence-corrected chi connectivity index (χ2v) is 8.81. The number of imide groups is 1. The molecule has 0 atom stereocenters. The van der Waals surface area contributed by atoms with E-state index in [1.807, 2.05) is 72.8 Å². The van der Waals surface area contributed by atoms with Crippen molar-refractivity contribution in [3.8, 4) is 18.6 Å². The summed E-state index contributed by atoms with van der Waals surface area (Å²) in [6.07, 6.45) is 8.34. The molecule has 0 radical (unpaired) electrons. The Labute approximate surface area is 236 Å². The number of para-hydroxylation sites is 3. The van der Waals surface area contributed by atoms with Gasteiger partial charge in [0.25, 0.3) is 11.8 Å². The average molecular weight is 536 g/mol. The van der Waals surface area contributed by atoms with Crippen LogP contribution in [0.25, 0.3) is 6.08 Å². The minimum absolute atomic E-state index is 0.194. The van der Waals surface area contributed by atoms with Gasteiger partial charge in [-0.05, 0) is 60.2 Å². The predicted molar refractivity (Wildman–Crippen MR) is 156 cm³/mol. The third-order valence-electron chi connectivity index (χ3n) is 6.34. The van der Waals surface area contributed by atoms with E-state index in [0.29, 0.717) is 5.56 Å². The van der Waals surface area contributed by atoms with Gasteiger partial charge in [-0.15, -0.1) is 0 Å². The molecule has 2 amide bonds. The van der Waals surface area contributed by atoms with Crippen LogP contribution in [0.5, 0.6) is 0 Å². The van der Waals surface area contributed by atoms with Crippen LogP contribution < -0.4 is 9.80 Å². The second kappa shape index (κ2) is 11.7. The first kappa shape index (κ1) is 26.4. The number of rotatable bonds is 6. The highest BCUT2D eigenvalue weighted by Crippen LogP contribution is 2.35. The Morgan fingerprint density at radius 2 is 1.27 bits per heavy atom. The van der Waals surface area contributed by atoms with Gasteiger partial charge in [0, 0.05) is 17.1 Å². The zero-order chi connectivity index (χ0) is 28.8. The lowest BCUT2D eigenvalue weighted by Gasteiger charge is -2.27. The average Bonchev–Trinajstić information content (AvgIpc) is 3.01. The summed E-state index contributed by atoms with van der Waals surface area (Å²) >= 11 is 0. The number of esters is 1. The molecular formula is C34H21N3O4. The Kier molecular flexibility index (Phi) is 7.54. The number of carbonyl (C=O) groups excluding carboxylic acids is 3. The molecule has 0 bridgehead atoms. The van der Waals surface area contributed by atoms with E-state index in [-0.39, 0.29) is 11.3 Å². The summed E-state index contributed by atoms with van der Waals surface area (Å²) in [5.41, 5.74) is 2.33. The van der Waals surface area contributed by atoms with Gasteiger partial charge in [0.05, 0.1) is 16.8 Å². The zero-order valence-corrected chi connectivity index (χ0v) is 21.6. The van der Waals surface area contributed by atoms with E-state index in [1.54, 1.807) is 54.6 Å². The molecule has 1 heterocycles. The molecule has 0 aliphatic carbocycles. The summed E-state index contributed by atoms with van der Waals surface area (Å²) < 4.78 is 4.68. The Morgan fingerprint density at radius 3 is 1.78 bits per heavy atom. The van der Waals surface area contributed by atoms with E-state index in [0.717, 1.165) is 22.0 Å². The van der Waals surface area contributed by atoms with E-state index in [2.05, 4.69) is 9.64 Å². The Hall–Kier alpha value is -6.18. The number of nitriles is 1. The van der Waals surface area contributed by atoms with Gasteiger partial charge >= 0.3 is 5.97 Å². The van der Waals surface area contributed by atoms with Crippen LogP contribution in [0.15, 0.2) is 132 Å². The van der Waals surface area contributed by atoms with Crippen molar-refractivity contribution in [1.29, 1.82) is 5.26 Å². The largest absolute Gasteiger partial charge is 0.369 e. The molecule has 0 N–H and O–H groups in total. The van der Waals surface area contributed by atoms with Gasteiger partial charge in [-0.3, -0.25) is 9.59 Å². The van der Waals surface area contributed by atoms with Crippen LogP contribution in [0.1, 0.15) is 5.56 Å². The fraction of sp³-hybridized carbons (Fsp3) is 0. The van der Waals surface area contributed by atoms with Crippen molar-refractivity contribution in [3.05, 3.63) is 138 Å². The van der Waals surface area contributed by atoms with E-state index < -0.39 is 28.9 Å². The Bertz CT molecular complexity index is 1720. The van der Waals surface area contributed by atoms with Crippen molar-refractivity contribution in [2.24, 2.45) is 0 Å². The number of anilines is 4. The van der Waals surface area contributed by atoms with Gasteiger partial charge < -0.3 is 9.64 Å². The fourth-order valence-electron chi connectivity index (χ4n) is 4.53. The van der Waals surface area contributed by atoms with Crippen molar-refractivity contribution < 1.29 is 19.1 Å². The normalized spacial score (nSPS) is 13.9. The van der Waals surface area contributed by atoms with Crippen LogP contribution >= 0.6 is 0 Å². The molecule has 7 nitrogen and oxygen atoms in total. The zero-order valence-electron chi connectivity index (χ0n) is 21.6. The molecule has 0 unspecified atom stereocenters.